The molecule has 0 aliphatic rings. The van der Waals surface area contributed by atoms with Gasteiger partial charge in [-0.2, -0.15) is 0 Å². The number of rotatable bonds is 8. The van der Waals surface area contributed by atoms with Gasteiger partial charge in [0.1, 0.15) is 18.2 Å². The molecule has 6 heteroatoms. The van der Waals surface area contributed by atoms with E-state index in [1.54, 1.807) is 36.4 Å². The van der Waals surface area contributed by atoms with Crippen LogP contribution in [0.1, 0.15) is 54.0 Å². The van der Waals surface area contributed by atoms with Gasteiger partial charge < -0.3 is 9.84 Å². The Labute approximate surface area is 209 Å². The fourth-order valence-electron chi connectivity index (χ4n) is 3.78. The van der Waals surface area contributed by atoms with Crippen LogP contribution < -0.4 is 10.3 Å². The second kappa shape index (κ2) is 10.4. The maximum atomic E-state index is 13.7. The number of hydrogen-bond acceptors (Lipinski definition) is 4. The zero-order chi connectivity index (χ0) is 25.8. The number of carbonyl (C=O) groups is 1. The number of ether oxygens (including phenoxy) is 1. The fraction of sp³-hybridized carbons (Fsp3) is 0.167. The van der Waals surface area contributed by atoms with Gasteiger partial charge in [-0.25, -0.2) is 9.78 Å². The Kier molecular flexibility index (Phi) is 7.15. The van der Waals surface area contributed by atoms with Crippen molar-refractivity contribution in [1.82, 2.24) is 9.55 Å². The quantitative estimate of drug-likeness (QED) is 0.298. The monoisotopic (exact) mass is 480 g/mol. The molecule has 0 unspecified atom stereocenters. The van der Waals surface area contributed by atoms with Gasteiger partial charge in [-0.15, -0.1) is 0 Å². The Morgan fingerprint density at radius 1 is 1.08 bits per heavy atom. The summed E-state index contributed by atoms with van der Waals surface area (Å²) in [5.41, 5.74) is 3.75. The van der Waals surface area contributed by atoms with E-state index >= 15 is 0 Å². The molecule has 182 valence electrons. The number of carboxylic acids is 1. The Morgan fingerprint density at radius 3 is 2.50 bits per heavy atom. The maximum Gasteiger partial charge on any atom is 0.335 e. The van der Waals surface area contributed by atoms with E-state index in [4.69, 9.17) is 9.72 Å². The lowest BCUT2D eigenvalue weighted by atomic mass is 10.0. The summed E-state index contributed by atoms with van der Waals surface area (Å²) in [5.74, 6) is 0.278. The molecule has 4 aromatic rings. The topological polar surface area (TPSA) is 81.4 Å². The minimum atomic E-state index is -1.07. The third kappa shape index (κ3) is 5.44. The van der Waals surface area contributed by atoms with Gasteiger partial charge in [0.15, 0.2) is 0 Å². The third-order valence-electron chi connectivity index (χ3n) is 5.73. The number of aromatic nitrogens is 2. The molecule has 0 saturated carbocycles. The number of aromatic carboxylic acids is 1. The number of fused-ring (bicyclic) bond motifs is 1. The Hall–Kier alpha value is -4.45. The van der Waals surface area contributed by atoms with Crippen LogP contribution in [0.4, 0.5) is 0 Å². The van der Waals surface area contributed by atoms with Crippen molar-refractivity contribution in [3.8, 4) is 11.4 Å². The first-order valence-corrected chi connectivity index (χ1v) is 11.7. The zero-order valence-electron chi connectivity index (χ0n) is 20.6. The number of hydrogen-bond donors (Lipinski definition) is 1. The van der Waals surface area contributed by atoms with Gasteiger partial charge in [0.05, 0.1) is 22.2 Å². The van der Waals surface area contributed by atoms with Crippen molar-refractivity contribution >= 4 is 29.0 Å². The lowest BCUT2D eigenvalue weighted by Crippen LogP contribution is -2.22. The van der Waals surface area contributed by atoms with E-state index < -0.39 is 5.97 Å². The van der Waals surface area contributed by atoms with Crippen LogP contribution in [0.3, 0.4) is 0 Å². The predicted octanol–water partition coefficient (Wildman–Crippen LogP) is 6.33. The van der Waals surface area contributed by atoms with Crippen molar-refractivity contribution in [1.29, 1.82) is 0 Å². The van der Waals surface area contributed by atoms with Crippen LogP contribution in [0.5, 0.6) is 5.75 Å². The summed E-state index contributed by atoms with van der Waals surface area (Å²) in [6.07, 6.45) is 3.66. The summed E-state index contributed by atoms with van der Waals surface area (Å²) in [7, 11) is 0. The standard InChI is InChI=1S/C30H28N2O4/c1-19(2)18-36-25-13-14-27-26(17-25)29(33)32(24-7-5-6-23(16-24)30(34)35)28(31-27)15-10-21-8-11-22(12-9-21)20(3)4/h5-17,20H,1,18H2,2-4H3,(H,34,35). The van der Waals surface area contributed by atoms with Crippen LogP contribution in [-0.4, -0.2) is 27.2 Å². The molecule has 36 heavy (non-hydrogen) atoms. The van der Waals surface area contributed by atoms with E-state index in [-0.39, 0.29) is 11.1 Å². The van der Waals surface area contributed by atoms with Crippen LogP contribution in [-0.2, 0) is 0 Å². The van der Waals surface area contributed by atoms with Crippen LogP contribution in [0.25, 0.3) is 28.7 Å². The zero-order valence-corrected chi connectivity index (χ0v) is 20.6. The molecule has 1 N–H and O–H groups in total. The maximum absolute atomic E-state index is 13.7. The number of nitrogens with zero attached hydrogens (tertiary/aromatic N) is 2. The van der Waals surface area contributed by atoms with E-state index in [9.17, 15) is 14.7 Å². The minimum Gasteiger partial charge on any atom is -0.489 e. The molecule has 3 aromatic carbocycles. The molecule has 0 amide bonds. The molecule has 1 aromatic heterocycles. The highest BCUT2D eigenvalue weighted by molar-refractivity contribution is 5.88. The average molecular weight is 481 g/mol. The summed E-state index contributed by atoms with van der Waals surface area (Å²) < 4.78 is 7.15. The fourth-order valence-corrected chi connectivity index (χ4v) is 3.78. The predicted molar refractivity (Wildman–Crippen MR) is 144 cm³/mol. The highest BCUT2D eigenvalue weighted by Crippen LogP contribution is 2.22. The Morgan fingerprint density at radius 2 is 1.83 bits per heavy atom. The van der Waals surface area contributed by atoms with Crippen LogP contribution in [0.15, 0.2) is 83.7 Å². The normalized spacial score (nSPS) is 11.3. The van der Waals surface area contributed by atoms with Crippen LogP contribution in [0.2, 0.25) is 0 Å². The molecule has 0 radical (unpaired) electrons. The second-order valence-electron chi connectivity index (χ2n) is 9.05. The molecule has 0 spiro atoms. The lowest BCUT2D eigenvalue weighted by Gasteiger charge is -2.13. The van der Waals surface area contributed by atoms with E-state index in [0.717, 1.165) is 11.1 Å². The van der Waals surface area contributed by atoms with E-state index in [1.807, 2.05) is 25.1 Å². The van der Waals surface area contributed by atoms with Gasteiger partial charge in [0, 0.05) is 0 Å². The first-order chi connectivity index (χ1) is 17.2. The van der Waals surface area contributed by atoms with Crippen molar-refractivity contribution in [3.63, 3.8) is 0 Å². The van der Waals surface area contributed by atoms with Gasteiger partial charge in [0.2, 0.25) is 0 Å². The second-order valence-corrected chi connectivity index (χ2v) is 9.05. The molecule has 0 aliphatic carbocycles. The molecule has 0 aliphatic heterocycles. The summed E-state index contributed by atoms with van der Waals surface area (Å²) in [6, 6.07) is 19.6. The first-order valence-electron chi connectivity index (χ1n) is 11.7. The summed E-state index contributed by atoms with van der Waals surface area (Å²) in [5, 5.41) is 9.85. The van der Waals surface area contributed by atoms with Gasteiger partial charge in [-0.3, -0.25) is 9.36 Å². The minimum absolute atomic E-state index is 0.0808. The van der Waals surface area contributed by atoms with Gasteiger partial charge >= 0.3 is 5.97 Å². The number of benzene rings is 3. The summed E-state index contributed by atoms with van der Waals surface area (Å²) >= 11 is 0. The van der Waals surface area contributed by atoms with E-state index in [1.165, 1.54) is 22.3 Å². The van der Waals surface area contributed by atoms with Crippen molar-refractivity contribution in [2.24, 2.45) is 0 Å². The molecule has 1 heterocycles. The SMILES string of the molecule is C=C(C)COc1ccc2nc(C=Cc3ccc(C(C)C)cc3)n(-c3cccc(C(=O)O)c3)c(=O)c2c1. The Balaban J connectivity index is 1.87. The van der Waals surface area contributed by atoms with E-state index in [2.05, 4.69) is 32.6 Å². The molecule has 0 bridgehead atoms. The molecule has 4 rings (SSSR count). The molecular weight excluding hydrogens is 452 g/mol. The molecule has 0 fully saturated rings. The lowest BCUT2D eigenvalue weighted by molar-refractivity contribution is 0.0697. The van der Waals surface area contributed by atoms with Crippen molar-refractivity contribution < 1.29 is 14.6 Å². The molecular formula is C30H28N2O4. The van der Waals surface area contributed by atoms with Gasteiger partial charge in [-0.05, 0) is 72.0 Å². The van der Waals surface area contributed by atoms with Gasteiger partial charge in [-0.1, -0.05) is 56.8 Å². The van der Waals surface area contributed by atoms with Crippen molar-refractivity contribution in [2.45, 2.75) is 26.7 Å². The largest absolute Gasteiger partial charge is 0.489 e. The van der Waals surface area contributed by atoms with Gasteiger partial charge in [0.25, 0.3) is 5.56 Å². The van der Waals surface area contributed by atoms with Crippen molar-refractivity contribution in [2.75, 3.05) is 6.61 Å². The highest BCUT2D eigenvalue weighted by atomic mass is 16.5. The molecule has 0 atom stereocenters. The number of carboxylic acid groups (broad SMARTS) is 1. The van der Waals surface area contributed by atoms with E-state index in [0.29, 0.717) is 40.7 Å². The molecule has 6 nitrogen and oxygen atoms in total. The molecule has 0 saturated heterocycles. The van der Waals surface area contributed by atoms with Crippen LogP contribution in [0, 0.1) is 0 Å². The summed E-state index contributed by atoms with van der Waals surface area (Å²) in [6.45, 7) is 10.3. The van der Waals surface area contributed by atoms with Crippen molar-refractivity contribution in [3.05, 3.63) is 112 Å². The average Bonchev–Trinajstić information content (AvgIpc) is 2.86. The smallest absolute Gasteiger partial charge is 0.335 e. The van der Waals surface area contributed by atoms with Crippen LogP contribution >= 0.6 is 0 Å². The summed E-state index contributed by atoms with van der Waals surface area (Å²) in [4.78, 5) is 30.0. The third-order valence-corrected chi connectivity index (χ3v) is 5.73. The first kappa shape index (κ1) is 24.7. The Bertz CT molecular complexity index is 1530. The highest BCUT2D eigenvalue weighted by Gasteiger charge is 2.14.